The molecule has 172 valence electrons. The Hall–Kier alpha value is -2.82. The molecule has 1 heterocycles. The number of ether oxygens (including phenoxy) is 1. The molecule has 32 heavy (non-hydrogen) atoms. The Morgan fingerprint density at radius 1 is 0.844 bits per heavy atom. The number of hydrogen-bond acceptors (Lipinski definition) is 3. The molecule has 0 radical (unpaired) electrons. The van der Waals surface area contributed by atoms with Crippen molar-refractivity contribution in [2.24, 2.45) is 0 Å². The fourth-order valence-electron chi connectivity index (χ4n) is 3.96. The van der Waals surface area contributed by atoms with Crippen LogP contribution >= 0.6 is 0 Å². The molecule has 5 nitrogen and oxygen atoms in total. The molecule has 0 unspecified atom stereocenters. The second kappa shape index (κ2) is 10.2. The summed E-state index contributed by atoms with van der Waals surface area (Å²) in [5.41, 5.74) is 4.63. The van der Waals surface area contributed by atoms with Gasteiger partial charge >= 0.3 is 0 Å². The van der Waals surface area contributed by atoms with Crippen molar-refractivity contribution in [3.05, 3.63) is 64.7 Å². The summed E-state index contributed by atoms with van der Waals surface area (Å²) in [6, 6.07) is 14.4. The van der Waals surface area contributed by atoms with E-state index in [1.807, 2.05) is 17.0 Å². The highest BCUT2D eigenvalue weighted by molar-refractivity contribution is 5.79. The largest absolute Gasteiger partial charge is 0.483 e. The second-order valence-corrected chi connectivity index (χ2v) is 9.79. The van der Waals surface area contributed by atoms with Gasteiger partial charge in [0.1, 0.15) is 5.75 Å². The van der Waals surface area contributed by atoms with Crippen molar-refractivity contribution >= 4 is 11.8 Å². The van der Waals surface area contributed by atoms with Gasteiger partial charge in [-0.05, 0) is 42.9 Å². The molecule has 3 rings (SSSR count). The number of rotatable bonds is 6. The molecule has 0 atom stereocenters. The van der Waals surface area contributed by atoms with E-state index in [0.717, 1.165) is 17.7 Å². The Balaban J connectivity index is 1.46. The molecule has 0 N–H and O–H groups in total. The van der Waals surface area contributed by atoms with Crippen LogP contribution in [0.3, 0.4) is 0 Å². The number of aryl methyl sites for hydroxylation is 3. The minimum absolute atomic E-state index is 0.0213. The van der Waals surface area contributed by atoms with Gasteiger partial charge in [0.2, 0.25) is 5.91 Å². The molecule has 2 aromatic rings. The Morgan fingerprint density at radius 3 is 2.00 bits per heavy atom. The maximum absolute atomic E-state index is 12.7. The molecule has 1 saturated heterocycles. The molecule has 0 aliphatic carbocycles. The highest BCUT2D eigenvalue weighted by atomic mass is 16.5. The van der Waals surface area contributed by atoms with E-state index in [9.17, 15) is 9.59 Å². The minimum Gasteiger partial charge on any atom is -0.483 e. The van der Waals surface area contributed by atoms with E-state index in [1.165, 1.54) is 16.7 Å². The molecule has 0 spiro atoms. The maximum Gasteiger partial charge on any atom is 0.260 e. The first-order valence-electron chi connectivity index (χ1n) is 11.5. The molecule has 0 saturated carbocycles. The van der Waals surface area contributed by atoms with Crippen LogP contribution in [-0.4, -0.2) is 54.4 Å². The predicted molar refractivity (Wildman–Crippen MR) is 128 cm³/mol. The minimum atomic E-state index is -0.0605. The lowest BCUT2D eigenvalue weighted by Crippen LogP contribution is -2.51. The van der Waals surface area contributed by atoms with E-state index in [1.54, 1.807) is 4.90 Å². The number of nitrogens with zero attached hydrogens (tertiary/aromatic N) is 2. The van der Waals surface area contributed by atoms with Crippen LogP contribution in [0.25, 0.3) is 0 Å². The molecule has 1 aliphatic heterocycles. The molecule has 1 aliphatic rings. The van der Waals surface area contributed by atoms with Gasteiger partial charge in [-0.25, -0.2) is 0 Å². The molecular formula is C27H36N2O3. The fourth-order valence-corrected chi connectivity index (χ4v) is 3.96. The summed E-state index contributed by atoms with van der Waals surface area (Å²) in [7, 11) is 0. The van der Waals surface area contributed by atoms with E-state index in [0.29, 0.717) is 32.6 Å². The lowest BCUT2D eigenvalue weighted by atomic mass is 9.85. The van der Waals surface area contributed by atoms with Crippen molar-refractivity contribution in [2.75, 3.05) is 32.8 Å². The Kier molecular flexibility index (Phi) is 7.60. The number of piperazine rings is 1. The highest BCUT2D eigenvalue weighted by Crippen LogP contribution is 2.32. The number of carbonyl (C=O) groups excluding carboxylic acids is 2. The lowest BCUT2D eigenvalue weighted by molar-refractivity contribution is -0.140. The van der Waals surface area contributed by atoms with Gasteiger partial charge in [-0.1, -0.05) is 68.3 Å². The number of hydrogen-bond donors (Lipinski definition) is 0. The van der Waals surface area contributed by atoms with E-state index in [4.69, 9.17) is 4.74 Å². The average Bonchev–Trinajstić information content (AvgIpc) is 2.77. The van der Waals surface area contributed by atoms with Crippen LogP contribution in [-0.2, 0) is 21.4 Å². The third kappa shape index (κ3) is 6.35. The third-order valence-electron chi connectivity index (χ3n) is 6.03. The topological polar surface area (TPSA) is 49.9 Å². The first-order chi connectivity index (χ1) is 15.1. The summed E-state index contributed by atoms with van der Waals surface area (Å²) < 4.78 is 5.93. The predicted octanol–water partition coefficient (Wildman–Crippen LogP) is 4.28. The van der Waals surface area contributed by atoms with Crippen molar-refractivity contribution in [1.82, 2.24) is 9.80 Å². The third-order valence-corrected chi connectivity index (χ3v) is 6.03. The monoisotopic (exact) mass is 436 g/mol. The quantitative estimate of drug-likeness (QED) is 0.679. The molecular weight excluding hydrogens is 400 g/mol. The Morgan fingerprint density at radius 2 is 1.41 bits per heavy atom. The van der Waals surface area contributed by atoms with Crippen LogP contribution in [0, 0.1) is 13.8 Å². The summed E-state index contributed by atoms with van der Waals surface area (Å²) >= 11 is 0. The Labute approximate surface area is 192 Å². The van der Waals surface area contributed by atoms with Crippen LogP contribution in [0.1, 0.15) is 49.4 Å². The summed E-state index contributed by atoms with van der Waals surface area (Å²) in [5, 5.41) is 0. The second-order valence-electron chi connectivity index (χ2n) is 9.79. The molecule has 0 aromatic heterocycles. The maximum atomic E-state index is 12.7. The van der Waals surface area contributed by atoms with Crippen molar-refractivity contribution in [2.45, 2.75) is 52.9 Å². The molecule has 2 amide bonds. The van der Waals surface area contributed by atoms with Crippen molar-refractivity contribution in [3.63, 3.8) is 0 Å². The normalized spacial score (nSPS) is 14.4. The smallest absolute Gasteiger partial charge is 0.260 e. The first-order valence-corrected chi connectivity index (χ1v) is 11.5. The van der Waals surface area contributed by atoms with Crippen LogP contribution in [0.4, 0.5) is 0 Å². The summed E-state index contributed by atoms with van der Waals surface area (Å²) in [6.07, 6.45) is 1.25. The fraction of sp³-hybridized carbons (Fsp3) is 0.481. The molecule has 0 bridgehead atoms. The van der Waals surface area contributed by atoms with Crippen LogP contribution in [0.5, 0.6) is 5.75 Å². The number of amides is 2. The van der Waals surface area contributed by atoms with Gasteiger partial charge < -0.3 is 14.5 Å². The zero-order valence-corrected chi connectivity index (χ0v) is 20.1. The zero-order chi connectivity index (χ0) is 23.3. The summed E-state index contributed by atoms with van der Waals surface area (Å²) in [5.74, 6) is 0.891. The van der Waals surface area contributed by atoms with Crippen LogP contribution in [0.2, 0.25) is 0 Å². The van der Waals surface area contributed by atoms with E-state index >= 15 is 0 Å². The first kappa shape index (κ1) is 23.8. The van der Waals surface area contributed by atoms with Gasteiger partial charge in [0.05, 0.1) is 0 Å². The van der Waals surface area contributed by atoms with Crippen molar-refractivity contribution in [3.8, 4) is 5.75 Å². The van der Waals surface area contributed by atoms with Crippen molar-refractivity contribution in [1.29, 1.82) is 0 Å². The lowest BCUT2D eigenvalue weighted by Gasteiger charge is -2.35. The zero-order valence-electron chi connectivity index (χ0n) is 20.1. The summed E-state index contributed by atoms with van der Waals surface area (Å²) in [6.45, 7) is 12.8. The molecule has 5 heteroatoms. The van der Waals surface area contributed by atoms with E-state index < -0.39 is 0 Å². The van der Waals surface area contributed by atoms with Gasteiger partial charge in [0.15, 0.2) is 6.61 Å². The summed E-state index contributed by atoms with van der Waals surface area (Å²) in [4.78, 5) is 29.0. The van der Waals surface area contributed by atoms with Gasteiger partial charge in [0.25, 0.3) is 5.91 Å². The van der Waals surface area contributed by atoms with Crippen LogP contribution in [0.15, 0.2) is 42.5 Å². The molecule has 1 fully saturated rings. The van der Waals surface area contributed by atoms with Gasteiger partial charge in [-0.15, -0.1) is 0 Å². The average molecular weight is 437 g/mol. The van der Waals surface area contributed by atoms with Crippen LogP contribution < -0.4 is 4.74 Å². The number of carbonyl (C=O) groups is 2. The highest BCUT2D eigenvalue weighted by Gasteiger charge is 2.25. The van der Waals surface area contributed by atoms with Gasteiger partial charge in [-0.2, -0.15) is 0 Å². The van der Waals surface area contributed by atoms with Gasteiger partial charge in [-0.3, -0.25) is 9.59 Å². The van der Waals surface area contributed by atoms with Crippen molar-refractivity contribution < 1.29 is 14.3 Å². The van der Waals surface area contributed by atoms with E-state index in [-0.39, 0.29) is 23.8 Å². The number of benzene rings is 2. The molecule has 2 aromatic carbocycles. The van der Waals surface area contributed by atoms with Gasteiger partial charge in [0, 0.05) is 32.6 Å². The standard InChI is InChI=1S/C27H36N2O3/c1-20-6-9-22(10-7-20)11-13-25(30)28-14-16-29(17-15-28)26(31)19-32-24-12-8-21(2)18-23(24)27(3,4)5/h6-10,12,18H,11,13-17,19H2,1-5H3. The SMILES string of the molecule is Cc1ccc(CCC(=O)N2CCN(C(=O)COc3ccc(C)cc3C(C)(C)C)CC2)cc1. The van der Waals surface area contributed by atoms with E-state index in [2.05, 4.69) is 65.0 Å². The Bertz CT molecular complexity index is 936.